The Bertz CT molecular complexity index is 619. The average molecular weight is 307 g/mol. The molecule has 0 saturated carbocycles. The Morgan fingerprint density at radius 1 is 1.19 bits per heavy atom. The van der Waals surface area contributed by atoms with Crippen molar-refractivity contribution in [1.29, 1.82) is 0 Å². The zero-order valence-electron chi connectivity index (χ0n) is 11.5. The van der Waals surface area contributed by atoms with E-state index in [1.54, 1.807) is 0 Å². The van der Waals surface area contributed by atoms with E-state index < -0.39 is 11.6 Å². The maximum atomic E-state index is 13.4. The summed E-state index contributed by atoms with van der Waals surface area (Å²) in [4.78, 5) is 12.1. The molecule has 1 N–H and O–H groups in total. The van der Waals surface area contributed by atoms with E-state index in [0.29, 0.717) is 0 Å². The molecule has 0 fully saturated rings. The summed E-state index contributed by atoms with van der Waals surface area (Å²) in [5, 5.41) is 2.84. The summed E-state index contributed by atoms with van der Waals surface area (Å²) >= 11 is 1.05. The fourth-order valence-electron chi connectivity index (χ4n) is 1.84. The number of hydrogen-bond acceptors (Lipinski definition) is 2. The van der Waals surface area contributed by atoms with E-state index in [2.05, 4.69) is 5.32 Å². The van der Waals surface area contributed by atoms with Gasteiger partial charge in [-0.3, -0.25) is 4.79 Å². The second-order valence-corrected chi connectivity index (χ2v) is 5.58. The predicted molar refractivity (Wildman–Crippen MR) is 80.1 cm³/mol. The first-order valence-electron chi connectivity index (χ1n) is 6.48. The van der Waals surface area contributed by atoms with E-state index in [1.165, 1.54) is 12.1 Å². The molecular weight excluding hydrogens is 292 g/mol. The molecule has 0 aliphatic heterocycles. The number of halogens is 2. The molecule has 0 aliphatic rings. The molecule has 0 spiro atoms. The molecule has 0 unspecified atom stereocenters. The zero-order chi connectivity index (χ0) is 15.2. The van der Waals surface area contributed by atoms with Crippen molar-refractivity contribution in [1.82, 2.24) is 5.32 Å². The van der Waals surface area contributed by atoms with Gasteiger partial charge in [0, 0.05) is 11.0 Å². The Labute approximate surface area is 126 Å². The third kappa shape index (κ3) is 4.56. The van der Waals surface area contributed by atoms with Crippen LogP contribution in [0.4, 0.5) is 8.78 Å². The van der Waals surface area contributed by atoms with Gasteiger partial charge in [-0.2, -0.15) is 0 Å². The van der Waals surface area contributed by atoms with Gasteiger partial charge in [-0.05, 0) is 24.6 Å². The van der Waals surface area contributed by atoms with Crippen LogP contribution in [0.5, 0.6) is 0 Å². The van der Waals surface area contributed by atoms with Crippen LogP contribution >= 0.6 is 11.8 Å². The summed E-state index contributed by atoms with van der Waals surface area (Å²) in [5.41, 5.74) is 1.00. The minimum atomic E-state index is -0.649. The summed E-state index contributed by atoms with van der Waals surface area (Å²) in [7, 11) is 0. The summed E-state index contributed by atoms with van der Waals surface area (Å²) < 4.78 is 26.2. The van der Waals surface area contributed by atoms with Crippen LogP contribution in [0.25, 0.3) is 0 Å². The molecule has 2 aromatic carbocycles. The van der Waals surface area contributed by atoms with Crippen LogP contribution in [-0.4, -0.2) is 11.7 Å². The van der Waals surface area contributed by atoms with Crippen molar-refractivity contribution in [3.05, 3.63) is 65.7 Å². The van der Waals surface area contributed by atoms with Gasteiger partial charge in [0.05, 0.1) is 11.8 Å². The number of hydrogen-bond donors (Lipinski definition) is 1. The first-order chi connectivity index (χ1) is 10.1. The molecule has 5 heteroatoms. The van der Waals surface area contributed by atoms with E-state index >= 15 is 0 Å². The Morgan fingerprint density at radius 2 is 1.90 bits per heavy atom. The van der Waals surface area contributed by atoms with E-state index in [1.807, 2.05) is 37.3 Å². The van der Waals surface area contributed by atoms with Gasteiger partial charge in [-0.25, -0.2) is 8.78 Å². The van der Waals surface area contributed by atoms with Gasteiger partial charge < -0.3 is 5.32 Å². The van der Waals surface area contributed by atoms with Gasteiger partial charge in [0.2, 0.25) is 5.91 Å². The van der Waals surface area contributed by atoms with Crippen LogP contribution in [0.3, 0.4) is 0 Å². The molecule has 0 radical (unpaired) electrons. The number of amides is 1. The van der Waals surface area contributed by atoms with Crippen LogP contribution in [0.15, 0.2) is 53.4 Å². The summed E-state index contributed by atoms with van der Waals surface area (Å²) in [6.07, 6.45) is 0. The highest BCUT2D eigenvalue weighted by Gasteiger charge is 2.11. The lowest BCUT2D eigenvalue weighted by Crippen LogP contribution is -2.28. The molecule has 2 aromatic rings. The Kier molecular flexibility index (Phi) is 5.33. The number of nitrogens with one attached hydrogen (secondary N) is 1. The van der Waals surface area contributed by atoms with E-state index in [0.717, 1.165) is 23.4 Å². The maximum absolute atomic E-state index is 13.4. The second-order valence-electron chi connectivity index (χ2n) is 4.56. The summed E-state index contributed by atoms with van der Waals surface area (Å²) in [6.45, 7) is 1.89. The molecule has 21 heavy (non-hydrogen) atoms. The van der Waals surface area contributed by atoms with Crippen LogP contribution in [0.1, 0.15) is 18.5 Å². The van der Waals surface area contributed by atoms with Gasteiger partial charge in [-0.1, -0.05) is 30.3 Å². The number of thioether (sulfide) groups is 1. The Morgan fingerprint density at radius 3 is 2.57 bits per heavy atom. The molecule has 0 aromatic heterocycles. The molecule has 0 bridgehead atoms. The SMILES string of the molecule is C[C@H](NC(=O)CSc1ccc(F)cc1F)c1ccccc1. The number of carbonyl (C=O) groups is 1. The maximum Gasteiger partial charge on any atom is 0.230 e. The first-order valence-corrected chi connectivity index (χ1v) is 7.47. The lowest BCUT2D eigenvalue weighted by Gasteiger charge is -2.14. The van der Waals surface area contributed by atoms with Crippen LogP contribution in [0.2, 0.25) is 0 Å². The van der Waals surface area contributed by atoms with Gasteiger partial charge in [0.25, 0.3) is 0 Å². The van der Waals surface area contributed by atoms with Crippen molar-refractivity contribution in [2.24, 2.45) is 0 Å². The summed E-state index contributed by atoms with van der Waals surface area (Å²) in [5.74, 6) is -1.39. The highest BCUT2D eigenvalue weighted by molar-refractivity contribution is 8.00. The van der Waals surface area contributed by atoms with Crippen LogP contribution in [0, 0.1) is 11.6 Å². The quantitative estimate of drug-likeness (QED) is 0.848. The lowest BCUT2D eigenvalue weighted by molar-refractivity contribution is -0.119. The molecule has 2 nitrogen and oxygen atoms in total. The number of rotatable bonds is 5. The van der Waals surface area contributed by atoms with Crippen molar-refractivity contribution in [3.63, 3.8) is 0 Å². The number of benzene rings is 2. The molecule has 0 aliphatic carbocycles. The monoisotopic (exact) mass is 307 g/mol. The van der Waals surface area contributed by atoms with E-state index in [9.17, 15) is 13.6 Å². The van der Waals surface area contributed by atoms with Gasteiger partial charge in [0.1, 0.15) is 11.6 Å². The molecule has 110 valence electrons. The van der Waals surface area contributed by atoms with Gasteiger partial charge in [0.15, 0.2) is 0 Å². The van der Waals surface area contributed by atoms with E-state index in [-0.39, 0.29) is 22.6 Å². The normalized spacial score (nSPS) is 12.0. The molecule has 1 atom stereocenters. The highest BCUT2D eigenvalue weighted by Crippen LogP contribution is 2.22. The molecule has 0 saturated heterocycles. The van der Waals surface area contributed by atoms with Crippen LogP contribution in [-0.2, 0) is 4.79 Å². The standard InChI is InChI=1S/C16H15F2NOS/c1-11(12-5-3-2-4-6-12)19-16(20)10-21-15-8-7-13(17)9-14(15)18/h2-9,11H,10H2,1H3,(H,19,20)/t11-/m0/s1. The topological polar surface area (TPSA) is 29.1 Å². The zero-order valence-corrected chi connectivity index (χ0v) is 12.3. The van der Waals surface area contributed by atoms with Crippen LogP contribution < -0.4 is 5.32 Å². The first kappa shape index (κ1) is 15.5. The Balaban J connectivity index is 1.87. The number of carbonyl (C=O) groups excluding carboxylic acids is 1. The van der Waals surface area contributed by atoms with Crippen molar-refractivity contribution in [2.75, 3.05) is 5.75 Å². The second kappa shape index (κ2) is 7.22. The van der Waals surface area contributed by atoms with E-state index in [4.69, 9.17) is 0 Å². The van der Waals surface area contributed by atoms with Gasteiger partial charge in [-0.15, -0.1) is 11.8 Å². The van der Waals surface area contributed by atoms with Crippen molar-refractivity contribution in [3.8, 4) is 0 Å². The minimum absolute atomic E-state index is 0.0831. The summed E-state index contributed by atoms with van der Waals surface area (Å²) in [6, 6.07) is 12.8. The predicted octanol–water partition coefficient (Wildman–Crippen LogP) is 3.93. The minimum Gasteiger partial charge on any atom is -0.349 e. The van der Waals surface area contributed by atoms with Crippen molar-refractivity contribution >= 4 is 17.7 Å². The smallest absolute Gasteiger partial charge is 0.230 e. The Hall–Kier alpha value is -1.88. The lowest BCUT2D eigenvalue weighted by atomic mass is 10.1. The fourth-order valence-corrected chi connectivity index (χ4v) is 2.57. The van der Waals surface area contributed by atoms with Crippen molar-refractivity contribution in [2.45, 2.75) is 17.9 Å². The average Bonchev–Trinajstić information content (AvgIpc) is 2.47. The van der Waals surface area contributed by atoms with Gasteiger partial charge >= 0.3 is 0 Å². The molecule has 2 rings (SSSR count). The largest absolute Gasteiger partial charge is 0.349 e. The third-order valence-electron chi connectivity index (χ3n) is 2.93. The fraction of sp³-hybridized carbons (Fsp3) is 0.188. The highest BCUT2D eigenvalue weighted by atomic mass is 32.2. The molecule has 1 amide bonds. The third-order valence-corrected chi connectivity index (χ3v) is 3.98. The van der Waals surface area contributed by atoms with Crippen molar-refractivity contribution < 1.29 is 13.6 Å². The molecule has 0 heterocycles. The molecular formula is C16H15F2NOS.